The van der Waals surface area contributed by atoms with Crippen LogP contribution in [0.1, 0.15) is 16.5 Å². The molecular weight excluding hydrogens is 369 g/mol. The Kier molecular flexibility index (Phi) is 5.15. The molecule has 0 bridgehead atoms. The molecule has 1 atom stereocenters. The maximum atomic E-state index is 6.32. The van der Waals surface area contributed by atoms with Gasteiger partial charge in [0.05, 0.1) is 22.0 Å². The Bertz CT molecular complexity index is 588. The molecule has 19 heavy (non-hydrogen) atoms. The van der Waals surface area contributed by atoms with Gasteiger partial charge in [-0.1, -0.05) is 23.2 Å². The van der Waals surface area contributed by atoms with Gasteiger partial charge in [0.1, 0.15) is 5.75 Å². The molecule has 0 fully saturated rings. The molecule has 2 aromatic rings. The van der Waals surface area contributed by atoms with Gasteiger partial charge in [-0.15, -0.1) is 11.3 Å². The summed E-state index contributed by atoms with van der Waals surface area (Å²) in [6, 6.07) is 7.67. The lowest BCUT2D eigenvalue weighted by Crippen LogP contribution is -2.17. The molecule has 0 saturated carbocycles. The Balaban J connectivity index is 2.47. The van der Waals surface area contributed by atoms with Crippen molar-refractivity contribution in [1.29, 1.82) is 0 Å². The highest BCUT2D eigenvalue weighted by Gasteiger charge is 2.19. The number of nitrogens with one attached hydrogen (secondary N) is 1. The fourth-order valence-electron chi connectivity index (χ4n) is 1.86. The third-order valence-corrected chi connectivity index (χ3v) is 5.06. The first kappa shape index (κ1) is 15.1. The van der Waals surface area contributed by atoms with Crippen LogP contribution < -0.4 is 10.1 Å². The van der Waals surface area contributed by atoms with Crippen LogP contribution in [0.5, 0.6) is 5.75 Å². The van der Waals surface area contributed by atoms with Gasteiger partial charge in [-0.2, -0.15) is 0 Å². The maximum Gasteiger partial charge on any atom is 0.138 e. The van der Waals surface area contributed by atoms with Crippen molar-refractivity contribution in [3.8, 4) is 5.75 Å². The minimum absolute atomic E-state index is 0.00667. The zero-order valence-electron chi connectivity index (χ0n) is 10.3. The molecule has 1 aromatic heterocycles. The molecule has 1 aromatic carbocycles. The molecule has 2 nitrogen and oxygen atoms in total. The van der Waals surface area contributed by atoms with Crippen LogP contribution in [0.15, 0.2) is 28.1 Å². The summed E-state index contributed by atoms with van der Waals surface area (Å²) < 4.78 is 6.24. The Morgan fingerprint density at radius 1 is 1.26 bits per heavy atom. The summed E-state index contributed by atoms with van der Waals surface area (Å²) in [5, 5.41) is 4.44. The number of ether oxygens (including phenoxy) is 1. The topological polar surface area (TPSA) is 21.3 Å². The molecular formula is C13H12BrCl2NOS. The molecule has 1 heterocycles. The van der Waals surface area contributed by atoms with Crippen molar-refractivity contribution in [1.82, 2.24) is 5.32 Å². The van der Waals surface area contributed by atoms with Crippen molar-refractivity contribution in [2.24, 2.45) is 0 Å². The van der Waals surface area contributed by atoms with Gasteiger partial charge in [0.2, 0.25) is 0 Å². The number of hydrogen-bond donors (Lipinski definition) is 1. The van der Waals surface area contributed by atoms with Gasteiger partial charge in [-0.3, -0.25) is 0 Å². The molecule has 0 aliphatic rings. The number of methoxy groups -OCH3 is 1. The molecule has 0 saturated heterocycles. The zero-order chi connectivity index (χ0) is 14.0. The van der Waals surface area contributed by atoms with Crippen LogP contribution in [0, 0.1) is 0 Å². The van der Waals surface area contributed by atoms with Crippen molar-refractivity contribution >= 4 is 50.5 Å². The van der Waals surface area contributed by atoms with E-state index in [9.17, 15) is 0 Å². The van der Waals surface area contributed by atoms with E-state index in [0.29, 0.717) is 15.8 Å². The number of rotatable bonds is 4. The highest BCUT2D eigenvalue weighted by Crippen LogP contribution is 2.38. The summed E-state index contributed by atoms with van der Waals surface area (Å²) in [5.41, 5.74) is 0.935. The molecule has 1 unspecified atom stereocenters. The molecule has 102 valence electrons. The smallest absolute Gasteiger partial charge is 0.138 e. The number of hydrogen-bond acceptors (Lipinski definition) is 3. The lowest BCUT2D eigenvalue weighted by molar-refractivity contribution is 0.415. The Morgan fingerprint density at radius 2 is 2.00 bits per heavy atom. The van der Waals surface area contributed by atoms with Crippen LogP contribution in [0.2, 0.25) is 10.0 Å². The molecule has 0 radical (unpaired) electrons. The van der Waals surface area contributed by atoms with E-state index < -0.39 is 0 Å². The number of thiophene rings is 1. The molecule has 2 rings (SSSR count). The first-order valence-corrected chi connectivity index (χ1v) is 7.88. The average Bonchev–Trinajstić information content (AvgIpc) is 2.80. The Hall–Kier alpha value is -0.260. The normalized spacial score (nSPS) is 12.5. The SMILES string of the molecule is CNC(c1ccc(Br)s1)c1cc(Cl)c(OC)cc1Cl. The van der Waals surface area contributed by atoms with Crippen molar-refractivity contribution in [2.45, 2.75) is 6.04 Å². The van der Waals surface area contributed by atoms with E-state index in [2.05, 4.69) is 27.3 Å². The second-order valence-corrected chi connectivity index (χ2v) is 7.18. The van der Waals surface area contributed by atoms with Crippen LogP contribution in [0.25, 0.3) is 0 Å². The van der Waals surface area contributed by atoms with E-state index in [4.69, 9.17) is 27.9 Å². The molecule has 6 heteroatoms. The highest BCUT2D eigenvalue weighted by atomic mass is 79.9. The van der Waals surface area contributed by atoms with Crippen molar-refractivity contribution < 1.29 is 4.74 Å². The first-order valence-electron chi connectivity index (χ1n) is 5.52. The Labute approximate surface area is 134 Å². The average molecular weight is 381 g/mol. The van der Waals surface area contributed by atoms with Crippen molar-refractivity contribution in [3.63, 3.8) is 0 Å². The third-order valence-electron chi connectivity index (χ3n) is 2.75. The molecule has 0 aliphatic heterocycles. The minimum atomic E-state index is 0.00667. The van der Waals surface area contributed by atoms with Crippen LogP contribution in [-0.2, 0) is 0 Å². The van der Waals surface area contributed by atoms with E-state index in [-0.39, 0.29) is 6.04 Å². The predicted octanol–water partition coefficient (Wildman–Crippen LogP) is 5.13. The highest BCUT2D eigenvalue weighted by molar-refractivity contribution is 9.11. The quantitative estimate of drug-likeness (QED) is 0.793. The molecule has 1 N–H and O–H groups in total. The summed E-state index contributed by atoms with van der Waals surface area (Å²) in [4.78, 5) is 1.16. The second-order valence-electron chi connectivity index (χ2n) is 3.87. The van der Waals surface area contributed by atoms with E-state index >= 15 is 0 Å². The fraction of sp³-hybridized carbons (Fsp3) is 0.231. The van der Waals surface area contributed by atoms with Crippen LogP contribution in [-0.4, -0.2) is 14.2 Å². The molecule has 0 spiro atoms. The van der Waals surface area contributed by atoms with Gasteiger partial charge in [-0.05, 0) is 46.7 Å². The number of halogens is 3. The molecule has 0 amide bonds. The van der Waals surface area contributed by atoms with Crippen LogP contribution >= 0.6 is 50.5 Å². The fourth-order valence-corrected chi connectivity index (χ4v) is 3.92. The summed E-state index contributed by atoms with van der Waals surface area (Å²) >= 11 is 17.6. The standard InChI is InChI=1S/C13H12BrCl2NOS/c1-17-13(11-3-4-12(14)19-11)7-5-9(16)10(18-2)6-8(7)15/h3-6,13,17H,1-2H3. The minimum Gasteiger partial charge on any atom is -0.495 e. The van der Waals surface area contributed by atoms with E-state index in [1.165, 1.54) is 0 Å². The van der Waals surface area contributed by atoms with Gasteiger partial charge >= 0.3 is 0 Å². The summed E-state index contributed by atoms with van der Waals surface area (Å²) in [6.45, 7) is 0. The van der Waals surface area contributed by atoms with E-state index in [1.807, 2.05) is 19.2 Å². The van der Waals surface area contributed by atoms with Gasteiger partial charge in [0.15, 0.2) is 0 Å². The van der Waals surface area contributed by atoms with Crippen molar-refractivity contribution in [3.05, 3.63) is 48.5 Å². The zero-order valence-corrected chi connectivity index (χ0v) is 14.3. The van der Waals surface area contributed by atoms with Gasteiger partial charge in [-0.25, -0.2) is 0 Å². The predicted molar refractivity (Wildman–Crippen MR) is 85.9 cm³/mol. The van der Waals surface area contributed by atoms with Gasteiger partial charge in [0.25, 0.3) is 0 Å². The molecule has 0 aliphatic carbocycles. The lowest BCUT2D eigenvalue weighted by Gasteiger charge is -2.18. The lowest BCUT2D eigenvalue weighted by atomic mass is 10.1. The van der Waals surface area contributed by atoms with Crippen LogP contribution in [0.4, 0.5) is 0 Å². The largest absolute Gasteiger partial charge is 0.495 e. The van der Waals surface area contributed by atoms with E-state index in [0.717, 1.165) is 14.2 Å². The van der Waals surface area contributed by atoms with Crippen LogP contribution in [0.3, 0.4) is 0 Å². The van der Waals surface area contributed by atoms with Crippen molar-refractivity contribution in [2.75, 3.05) is 14.2 Å². The maximum absolute atomic E-state index is 6.32. The summed E-state index contributed by atoms with van der Waals surface area (Å²) in [5.74, 6) is 0.581. The monoisotopic (exact) mass is 379 g/mol. The third kappa shape index (κ3) is 3.26. The van der Waals surface area contributed by atoms with Gasteiger partial charge in [0, 0.05) is 16.0 Å². The summed E-state index contributed by atoms with van der Waals surface area (Å²) in [6.07, 6.45) is 0. The van der Waals surface area contributed by atoms with E-state index in [1.54, 1.807) is 24.5 Å². The number of benzene rings is 1. The first-order chi connectivity index (χ1) is 9.06. The summed E-state index contributed by atoms with van der Waals surface area (Å²) in [7, 11) is 3.47. The Morgan fingerprint density at radius 3 is 2.53 bits per heavy atom. The second kappa shape index (κ2) is 6.46. The van der Waals surface area contributed by atoms with Gasteiger partial charge < -0.3 is 10.1 Å².